The second-order valence-electron chi connectivity index (χ2n) is 7.00. The van der Waals surface area contributed by atoms with E-state index >= 15 is 0 Å². The molecule has 4 rings (SSSR count). The first-order chi connectivity index (χ1) is 12.9. The molecule has 0 bridgehead atoms. The van der Waals surface area contributed by atoms with Crippen molar-refractivity contribution in [1.82, 2.24) is 9.88 Å². The van der Waals surface area contributed by atoms with Crippen molar-refractivity contribution in [2.24, 2.45) is 0 Å². The number of nitrogens with one attached hydrogen (secondary N) is 1. The largest absolute Gasteiger partial charge is 0.379 e. The first kappa shape index (κ1) is 18.5. The van der Waals surface area contributed by atoms with Crippen LogP contribution in [0.25, 0.3) is 10.9 Å². The Morgan fingerprint density at radius 3 is 2.56 bits per heavy atom. The first-order valence-electron chi connectivity index (χ1n) is 8.92. The van der Waals surface area contributed by atoms with Crippen LogP contribution in [0.15, 0.2) is 58.0 Å². The van der Waals surface area contributed by atoms with Crippen molar-refractivity contribution in [2.45, 2.75) is 23.7 Å². The lowest BCUT2D eigenvalue weighted by Crippen LogP contribution is -2.29. The van der Waals surface area contributed by atoms with Gasteiger partial charge in [0.2, 0.25) is 0 Å². The van der Waals surface area contributed by atoms with Gasteiger partial charge in [-0.1, -0.05) is 18.2 Å². The van der Waals surface area contributed by atoms with Gasteiger partial charge < -0.3 is 14.1 Å². The lowest BCUT2D eigenvalue weighted by atomic mass is 9.89. The molecule has 0 saturated carbocycles. The number of H-pyrrole nitrogens is 1. The summed E-state index contributed by atoms with van der Waals surface area (Å²) in [6, 6.07) is 11.7. The predicted octanol–water partition coefficient (Wildman–Crippen LogP) is 4.51. The molecular weight excluding hydrogens is 428 g/mol. The summed E-state index contributed by atoms with van der Waals surface area (Å²) in [7, 11) is -1.72. The monoisotopic (exact) mass is 448 g/mol. The maximum absolute atomic E-state index is 12.6. The van der Waals surface area contributed by atoms with Crippen molar-refractivity contribution >= 4 is 37.0 Å². The van der Waals surface area contributed by atoms with Crippen LogP contribution in [-0.2, 0) is 10.1 Å². The fourth-order valence-electron chi connectivity index (χ4n) is 3.65. The molecule has 0 spiro atoms. The van der Waals surface area contributed by atoms with Gasteiger partial charge in [0, 0.05) is 16.1 Å². The van der Waals surface area contributed by atoms with E-state index in [1.54, 1.807) is 24.3 Å². The van der Waals surface area contributed by atoms with Gasteiger partial charge in [0.25, 0.3) is 0 Å². The van der Waals surface area contributed by atoms with Gasteiger partial charge in [-0.3, -0.25) is 0 Å². The minimum absolute atomic E-state index is 0.144. The lowest BCUT2D eigenvalue weighted by Gasteiger charge is -2.28. The summed E-state index contributed by atoms with van der Waals surface area (Å²) >= 11 is 3.54. The minimum atomic E-state index is -3.86. The molecule has 1 aliphatic rings. The summed E-state index contributed by atoms with van der Waals surface area (Å²) in [6.45, 7) is 2.13. The minimum Gasteiger partial charge on any atom is -0.379 e. The van der Waals surface area contributed by atoms with Gasteiger partial charge in [-0.05, 0) is 84.7 Å². The van der Waals surface area contributed by atoms with Crippen LogP contribution in [0.4, 0.5) is 0 Å². The highest BCUT2D eigenvalue weighted by molar-refractivity contribution is 9.10. The molecule has 1 fully saturated rings. The average molecular weight is 449 g/mol. The van der Waals surface area contributed by atoms with Crippen molar-refractivity contribution in [1.29, 1.82) is 0 Å². The van der Waals surface area contributed by atoms with Crippen molar-refractivity contribution in [3.63, 3.8) is 0 Å². The number of benzene rings is 2. The number of hydrogen-bond donors (Lipinski definition) is 1. The van der Waals surface area contributed by atoms with Crippen molar-refractivity contribution in [2.75, 3.05) is 20.1 Å². The Morgan fingerprint density at radius 2 is 1.85 bits per heavy atom. The van der Waals surface area contributed by atoms with Crippen molar-refractivity contribution in [3.05, 3.63) is 58.7 Å². The summed E-state index contributed by atoms with van der Waals surface area (Å²) in [4.78, 5) is 5.80. The van der Waals surface area contributed by atoms with Crippen LogP contribution >= 0.6 is 15.9 Å². The van der Waals surface area contributed by atoms with Crippen LogP contribution in [0.5, 0.6) is 5.75 Å². The van der Waals surface area contributed by atoms with E-state index in [1.165, 1.54) is 17.7 Å². The summed E-state index contributed by atoms with van der Waals surface area (Å²) in [6.07, 6.45) is 4.23. The maximum Gasteiger partial charge on any atom is 0.339 e. The summed E-state index contributed by atoms with van der Waals surface area (Å²) < 4.78 is 31.3. The molecule has 0 unspecified atom stereocenters. The number of hydrogen-bond acceptors (Lipinski definition) is 4. The fraction of sp³-hybridized carbons (Fsp3) is 0.300. The quantitative estimate of drug-likeness (QED) is 0.596. The van der Waals surface area contributed by atoms with E-state index in [0.717, 1.165) is 41.3 Å². The molecule has 2 heterocycles. The molecule has 0 aliphatic carbocycles. The van der Waals surface area contributed by atoms with Gasteiger partial charge >= 0.3 is 10.1 Å². The Hall–Kier alpha value is -1.83. The van der Waals surface area contributed by atoms with Gasteiger partial charge in [-0.15, -0.1) is 0 Å². The second kappa shape index (κ2) is 7.30. The van der Waals surface area contributed by atoms with Crippen LogP contribution in [0.2, 0.25) is 0 Å². The molecule has 1 saturated heterocycles. The number of aromatic nitrogens is 1. The van der Waals surface area contributed by atoms with Gasteiger partial charge in [0.15, 0.2) is 0 Å². The van der Waals surface area contributed by atoms with Crippen LogP contribution in [0.3, 0.4) is 0 Å². The van der Waals surface area contributed by atoms with Gasteiger partial charge in [-0.25, -0.2) is 0 Å². The van der Waals surface area contributed by atoms with E-state index in [9.17, 15) is 8.42 Å². The third-order valence-electron chi connectivity index (χ3n) is 5.14. The molecule has 1 aromatic heterocycles. The van der Waals surface area contributed by atoms with Crippen LogP contribution in [0, 0.1) is 0 Å². The molecular formula is C20H21BrN2O3S. The van der Waals surface area contributed by atoms with Gasteiger partial charge in [-0.2, -0.15) is 8.42 Å². The normalized spacial score (nSPS) is 16.7. The zero-order valence-corrected chi connectivity index (χ0v) is 17.4. The van der Waals surface area contributed by atoms with Gasteiger partial charge in [0.1, 0.15) is 10.6 Å². The fourth-order valence-corrected chi connectivity index (χ4v) is 5.14. The predicted molar refractivity (Wildman–Crippen MR) is 110 cm³/mol. The van der Waals surface area contributed by atoms with E-state index in [2.05, 4.69) is 32.9 Å². The first-order valence-corrected chi connectivity index (χ1v) is 11.1. The van der Waals surface area contributed by atoms with E-state index in [0.29, 0.717) is 11.7 Å². The SMILES string of the molecule is CN1CCC(c2c[nH]c3c(Br)cc(OS(=O)(=O)c4ccccc4)cc23)CC1. The summed E-state index contributed by atoms with van der Waals surface area (Å²) in [5, 5.41) is 1.01. The number of rotatable bonds is 4. The Morgan fingerprint density at radius 1 is 1.15 bits per heavy atom. The summed E-state index contributed by atoms with van der Waals surface area (Å²) in [5.41, 5.74) is 2.19. The average Bonchev–Trinajstić information content (AvgIpc) is 3.07. The topological polar surface area (TPSA) is 62.4 Å². The summed E-state index contributed by atoms with van der Waals surface area (Å²) in [5.74, 6) is 0.773. The maximum atomic E-state index is 12.6. The lowest BCUT2D eigenvalue weighted by molar-refractivity contribution is 0.256. The highest BCUT2D eigenvalue weighted by Gasteiger charge is 2.23. The molecule has 5 nitrogen and oxygen atoms in total. The highest BCUT2D eigenvalue weighted by Crippen LogP contribution is 2.38. The number of likely N-dealkylation sites (tertiary alicyclic amines) is 1. The van der Waals surface area contributed by atoms with Crippen LogP contribution < -0.4 is 4.18 Å². The molecule has 3 aromatic rings. The molecule has 1 N–H and O–H groups in total. The van der Waals surface area contributed by atoms with Crippen LogP contribution in [0.1, 0.15) is 24.3 Å². The molecule has 27 heavy (non-hydrogen) atoms. The molecule has 0 radical (unpaired) electrons. The Kier molecular flexibility index (Phi) is 5.01. The zero-order chi connectivity index (χ0) is 19.0. The number of halogens is 1. The zero-order valence-electron chi connectivity index (χ0n) is 15.0. The number of fused-ring (bicyclic) bond motifs is 1. The van der Waals surface area contributed by atoms with E-state index in [1.807, 2.05) is 12.3 Å². The van der Waals surface area contributed by atoms with Crippen molar-refractivity contribution in [3.8, 4) is 5.75 Å². The Balaban J connectivity index is 1.69. The molecule has 142 valence electrons. The third kappa shape index (κ3) is 3.77. The molecule has 0 amide bonds. The van der Waals surface area contributed by atoms with Gasteiger partial charge in [0.05, 0.1) is 5.52 Å². The van der Waals surface area contributed by atoms with Crippen molar-refractivity contribution < 1.29 is 12.6 Å². The second-order valence-corrected chi connectivity index (χ2v) is 9.40. The van der Waals surface area contributed by atoms with E-state index < -0.39 is 10.1 Å². The standard InChI is InChI=1S/C20H21BrN2O3S/c1-23-9-7-14(8-10-23)18-13-22-20-17(18)11-15(12-19(20)21)26-27(24,25)16-5-3-2-4-6-16/h2-6,11-14,22H,7-10H2,1H3. The smallest absolute Gasteiger partial charge is 0.339 e. The molecule has 1 aliphatic heterocycles. The molecule has 7 heteroatoms. The third-order valence-corrected chi connectivity index (χ3v) is 7.03. The van der Waals surface area contributed by atoms with Crippen LogP contribution in [-0.4, -0.2) is 38.4 Å². The number of nitrogens with zero attached hydrogens (tertiary/aromatic N) is 1. The Bertz CT molecular complexity index is 1060. The Labute approximate surface area is 167 Å². The number of aromatic amines is 1. The highest BCUT2D eigenvalue weighted by atomic mass is 79.9. The molecule has 0 atom stereocenters. The molecule has 2 aromatic carbocycles. The van der Waals surface area contributed by atoms with E-state index in [-0.39, 0.29) is 4.90 Å². The van der Waals surface area contributed by atoms with E-state index in [4.69, 9.17) is 4.18 Å². The number of piperidine rings is 1.